The van der Waals surface area contributed by atoms with Gasteiger partial charge in [0.15, 0.2) is 0 Å². The number of rotatable bonds is 3. The molecule has 1 aliphatic rings. The minimum atomic E-state index is 0.359. The molecule has 0 unspecified atom stereocenters. The Hall–Kier alpha value is -1.45. The number of hydrogen-bond donors (Lipinski definition) is 0. The Bertz CT molecular complexity index is 393. The molecule has 0 spiro atoms. The van der Waals surface area contributed by atoms with Gasteiger partial charge in [-0.2, -0.15) is 0 Å². The van der Waals surface area contributed by atoms with Crippen LogP contribution >= 0.6 is 0 Å². The average Bonchev–Trinajstić information content (AvgIpc) is 2.29. The van der Waals surface area contributed by atoms with E-state index in [9.17, 15) is 4.79 Å². The number of ketones is 1. The van der Waals surface area contributed by atoms with Crippen LogP contribution < -0.4 is 4.90 Å². The van der Waals surface area contributed by atoms with E-state index < -0.39 is 0 Å². The second-order valence-electron chi connectivity index (χ2n) is 4.99. The maximum absolute atomic E-state index is 11.2. The fraction of sp³-hybridized carbons (Fsp3) is 0.615. The lowest BCUT2D eigenvalue weighted by Gasteiger charge is -2.27. The van der Waals surface area contributed by atoms with E-state index in [0.717, 1.165) is 31.0 Å². The van der Waals surface area contributed by atoms with Gasteiger partial charge in [0.05, 0.1) is 0 Å². The molecule has 2 rings (SSSR count). The first kappa shape index (κ1) is 12.0. The predicted octanol–water partition coefficient (Wildman–Crippen LogP) is 1.84. The Balaban J connectivity index is 2.07. The van der Waals surface area contributed by atoms with Crippen LogP contribution in [0.2, 0.25) is 0 Å². The smallest absolute Gasteiger partial charge is 0.136 e. The van der Waals surface area contributed by atoms with Crippen LogP contribution in [-0.4, -0.2) is 28.8 Å². The first-order valence-corrected chi connectivity index (χ1v) is 6.22. The Morgan fingerprint density at radius 1 is 1.29 bits per heavy atom. The summed E-state index contributed by atoms with van der Waals surface area (Å²) < 4.78 is 0. The largest absolute Gasteiger partial charge is 0.356 e. The third-order valence-electron chi connectivity index (χ3n) is 2.97. The van der Waals surface area contributed by atoms with Gasteiger partial charge < -0.3 is 4.90 Å². The zero-order valence-electron chi connectivity index (χ0n) is 10.5. The maximum Gasteiger partial charge on any atom is 0.136 e. The van der Waals surface area contributed by atoms with Gasteiger partial charge in [0.1, 0.15) is 17.9 Å². The molecule has 1 aromatic heterocycles. The first-order chi connectivity index (χ1) is 8.15. The maximum atomic E-state index is 11.2. The summed E-state index contributed by atoms with van der Waals surface area (Å²) in [4.78, 5) is 21.9. The van der Waals surface area contributed by atoms with Crippen molar-refractivity contribution in [1.82, 2.24) is 9.97 Å². The van der Waals surface area contributed by atoms with Crippen LogP contribution in [0.5, 0.6) is 0 Å². The van der Waals surface area contributed by atoms with E-state index in [-0.39, 0.29) is 0 Å². The van der Waals surface area contributed by atoms with Gasteiger partial charge in [-0.3, -0.25) is 4.79 Å². The van der Waals surface area contributed by atoms with Crippen LogP contribution in [0.4, 0.5) is 5.82 Å². The van der Waals surface area contributed by atoms with E-state index in [2.05, 4.69) is 34.8 Å². The number of nitrogens with zero attached hydrogens (tertiary/aromatic N) is 3. The molecule has 17 heavy (non-hydrogen) atoms. The van der Waals surface area contributed by atoms with Crippen molar-refractivity contribution in [2.24, 2.45) is 5.92 Å². The zero-order chi connectivity index (χ0) is 12.3. The molecule has 0 aromatic carbocycles. The van der Waals surface area contributed by atoms with E-state index in [1.165, 1.54) is 0 Å². The minimum Gasteiger partial charge on any atom is -0.356 e. The van der Waals surface area contributed by atoms with Crippen LogP contribution in [0, 0.1) is 5.92 Å². The molecule has 0 radical (unpaired) electrons. The summed E-state index contributed by atoms with van der Waals surface area (Å²) in [5, 5.41) is 0. The molecule has 0 aliphatic carbocycles. The van der Waals surface area contributed by atoms with Gasteiger partial charge in [-0.25, -0.2) is 9.97 Å². The van der Waals surface area contributed by atoms with Gasteiger partial charge in [0, 0.05) is 37.7 Å². The second-order valence-corrected chi connectivity index (χ2v) is 4.99. The summed E-state index contributed by atoms with van der Waals surface area (Å²) >= 11 is 0. The van der Waals surface area contributed by atoms with E-state index in [1.54, 1.807) is 6.33 Å². The molecule has 2 heterocycles. The fourth-order valence-electron chi connectivity index (χ4n) is 2.07. The molecule has 1 aliphatic heterocycles. The number of Topliss-reactive ketones (excluding diaryl/α,β-unsaturated/α-hetero) is 1. The molecule has 1 saturated heterocycles. The summed E-state index contributed by atoms with van der Waals surface area (Å²) in [6, 6.07) is 2.05. The number of carbonyl (C=O) groups is 1. The molecule has 1 aromatic rings. The Kier molecular flexibility index (Phi) is 3.71. The van der Waals surface area contributed by atoms with Gasteiger partial charge in [-0.05, 0) is 12.3 Å². The summed E-state index contributed by atoms with van der Waals surface area (Å²) in [7, 11) is 0. The first-order valence-electron chi connectivity index (χ1n) is 6.22. The average molecular weight is 233 g/mol. The van der Waals surface area contributed by atoms with Gasteiger partial charge in [0.25, 0.3) is 0 Å². The topological polar surface area (TPSA) is 46.1 Å². The van der Waals surface area contributed by atoms with Crippen molar-refractivity contribution in [1.29, 1.82) is 0 Å². The third kappa shape index (κ3) is 3.25. The standard InChI is InChI=1S/C13H19N3O/c1-10(2)7-11-8-13(15-9-14-11)16-5-3-12(17)4-6-16/h8-10H,3-7H2,1-2H3. The normalized spacial score (nSPS) is 16.6. The molecule has 4 heteroatoms. The molecule has 0 atom stereocenters. The van der Waals surface area contributed by atoms with Crippen molar-refractivity contribution in [3.8, 4) is 0 Å². The number of aromatic nitrogens is 2. The number of anilines is 1. The monoisotopic (exact) mass is 233 g/mol. The lowest BCUT2D eigenvalue weighted by atomic mass is 10.1. The number of hydrogen-bond acceptors (Lipinski definition) is 4. The van der Waals surface area contributed by atoms with Crippen LogP contribution in [0.1, 0.15) is 32.4 Å². The van der Waals surface area contributed by atoms with Gasteiger partial charge in [-0.15, -0.1) is 0 Å². The molecule has 92 valence electrons. The van der Waals surface area contributed by atoms with E-state index in [1.807, 2.05) is 0 Å². The summed E-state index contributed by atoms with van der Waals surface area (Å²) in [5.74, 6) is 1.92. The summed E-state index contributed by atoms with van der Waals surface area (Å²) in [6.07, 6.45) is 3.89. The molecule has 0 saturated carbocycles. The number of piperidine rings is 1. The van der Waals surface area contributed by atoms with Crippen molar-refractivity contribution in [3.05, 3.63) is 18.1 Å². The third-order valence-corrected chi connectivity index (χ3v) is 2.97. The Labute approximate surface area is 102 Å². The van der Waals surface area contributed by atoms with Crippen molar-refractivity contribution in [3.63, 3.8) is 0 Å². The number of carbonyl (C=O) groups excluding carboxylic acids is 1. The van der Waals surface area contributed by atoms with Crippen LogP contribution in [-0.2, 0) is 11.2 Å². The zero-order valence-corrected chi connectivity index (χ0v) is 10.5. The highest BCUT2D eigenvalue weighted by atomic mass is 16.1. The Morgan fingerprint density at radius 3 is 2.65 bits per heavy atom. The molecule has 0 bridgehead atoms. The fourth-order valence-corrected chi connectivity index (χ4v) is 2.07. The minimum absolute atomic E-state index is 0.359. The van der Waals surface area contributed by atoms with Crippen LogP contribution in [0.3, 0.4) is 0 Å². The van der Waals surface area contributed by atoms with E-state index >= 15 is 0 Å². The predicted molar refractivity (Wildman–Crippen MR) is 67.0 cm³/mol. The van der Waals surface area contributed by atoms with Crippen molar-refractivity contribution in [2.45, 2.75) is 33.1 Å². The molecular formula is C13H19N3O. The quantitative estimate of drug-likeness (QED) is 0.799. The molecule has 1 fully saturated rings. The van der Waals surface area contributed by atoms with Gasteiger partial charge in [-0.1, -0.05) is 13.8 Å². The van der Waals surface area contributed by atoms with Crippen LogP contribution in [0.25, 0.3) is 0 Å². The molecule has 0 N–H and O–H groups in total. The molecule has 0 amide bonds. The second kappa shape index (κ2) is 5.25. The van der Waals surface area contributed by atoms with Gasteiger partial charge >= 0.3 is 0 Å². The highest BCUT2D eigenvalue weighted by Gasteiger charge is 2.17. The lowest BCUT2D eigenvalue weighted by molar-refractivity contribution is -0.119. The molecular weight excluding hydrogens is 214 g/mol. The van der Waals surface area contributed by atoms with Crippen molar-refractivity contribution >= 4 is 11.6 Å². The van der Waals surface area contributed by atoms with E-state index in [0.29, 0.717) is 24.5 Å². The Morgan fingerprint density at radius 2 is 2.00 bits per heavy atom. The molecule has 4 nitrogen and oxygen atoms in total. The summed E-state index contributed by atoms with van der Waals surface area (Å²) in [6.45, 7) is 5.94. The van der Waals surface area contributed by atoms with Gasteiger partial charge in [0.2, 0.25) is 0 Å². The van der Waals surface area contributed by atoms with Crippen LogP contribution in [0.15, 0.2) is 12.4 Å². The van der Waals surface area contributed by atoms with Crippen molar-refractivity contribution in [2.75, 3.05) is 18.0 Å². The summed E-state index contributed by atoms with van der Waals surface area (Å²) in [5.41, 5.74) is 1.09. The van der Waals surface area contributed by atoms with E-state index in [4.69, 9.17) is 0 Å². The SMILES string of the molecule is CC(C)Cc1cc(N2CCC(=O)CC2)ncn1. The lowest BCUT2D eigenvalue weighted by Crippen LogP contribution is -2.34. The van der Waals surface area contributed by atoms with Crippen molar-refractivity contribution < 1.29 is 4.79 Å². The highest BCUT2D eigenvalue weighted by molar-refractivity contribution is 5.80. The highest BCUT2D eigenvalue weighted by Crippen LogP contribution is 2.17.